The smallest absolute Gasteiger partial charge is 0.116 e. The normalized spacial score (nSPS) is 14.8. The minimum absolute atomic E-state index is 0.948. The molecule has 0 atom stereocenters. The Kier molecular flexibility index (Phi) is 4.13. The molecule has 5 nitrogen and oxygen atoms in total. The lowest BCUT2D eigenvalue weighted by atomic mass is 10.0. The summed E-state index contributed by atoms with van der Waals surface area (Å²) in [7, 11) is 0. The molecule has 5 aromatic rings. The number of aromatic nitrogens is 4. The Balaban J connectivity index is 1.39. The third-order valence-corrected chi connectivity index (χ3v) is 6.08. The van der Waals surface area contributed by atoms with E-state index in [4.69, 9.17) is 0 Å². The third kappa shape index (κ3) is 3.08. The number of para-hydroxylation sites is 1. The van der Waals surface area contributed by atoms with Gasteiger partial charge in [-0.25, -0.2) is 0 Å². The number of aromatic amines is 2. The minimum atomic E-state index is 0.948. The van der Waals surface area contributed by atoms with Crippen molar-refractivity contribution in [1.29, 1.82) is 0 Å². The van der Waals surface area contributed by atoms with Crippen LogP contribution in [-0.2, 0) is 6.54 Å². The fourth-order valence-electron chi connectivity index (χ4n) is 4.53. The lowest BCUT2D eigenvalue weighted by molar-refractivity contribution is 0.331. The van der Waals surface area contributed by atoms with Crippen LogP contribution in [0.15, 0.2) is 67.0 Å². The third-order valence-electron chi connectivity index (χ3n) is 6.08. The van der Waals surface area contributed by atoms with Gasteiger partial charge in [-0.1, -0.05) is 24.3 Å². The number of likely N-dealkylation sites (tertiary alicyclic amines) is 1. The number of H-pyrrole nitrogens is 2. The zero-order valence-corrected chi connectivity index (χ0v) is 16.7. The fourth-order valence-corrected chi connectivity index (χ4v) is 4.53. The molecule has 1 aliphatic heterocycles. The van der Waals surface area contributed by atoms with E-state index < -0.39 is 0 Å². The molecule has 148 valence electrons. The Labute approximate surface area is 174 Å². The highest BCUT2D eigenvalue weighted by Crippen LogP contribution is 2.32. The average Bonchev–Trinajstić information content (AvgIpc) is 3.52. The van der Waals surface area contributed by atoms with E-state index in [0.29, 0.717) is 0 Å². The Morgan fingerprint density at radius 2 is 1.77 bits per heavy atom. The summed E-state index contributed by atoms with van der Waals surface area (Å²) < 4.78 is 0. The Bertz CT molecular complexity index is 1310. The van der Waals surface area contributed by atoms with Crippen LogP contribution in [0.4, 0.5) is 0 Å². The van der Waals surface area contributed by atoms with Crippen molar-refractivity contribution in [2.24, 2.45) is 0 Å². The highest BCUT2D eigenvalue weighted by molar-refractivity contribution is 5.97. The summed E-state index contributed by atoms with van der Waals surface area (Å²) in [5.74, 6) is 0. The second-order valence-corrected chi connectivity index (χ2v) is 8.17. The van der Waals surface area contributed by atoms with Gasteiger partial charge in [0.05, 0.1) is 11.2 Å². The summed E-state index contributed by atoms with van der Waals surface area (Å²) in [6, 6.07) is 19.2. The molecule has 1 saturated heterocycles. The number of nitrogens with zero attached hydrogens (tertiary/aromatic N) is 3. The van der Waals surface area contributed by atoms with E-state index in [2.05, 4.69) is 73.6 Å². The molecule has 0 amide bonds. The summed E-state index contributed by atoms with van der Waals surface area (Å²) in [5.41, 5.74) is 7.73. The summed E-state index contributed by atoms with van der Waals surface area (Å²) >= 11 is 0. The Morgan fingerprint density at radius 1 is 0.867 bits per heavy atom. The van der Waals surface area contributed by atoms with Gasteiger partial charge in [-0.2, -0.15) is 5.10 Å². The molecule has 0 aliphatic carbocycles. The zero-order valence-electron chi connectivity index (χ0n) is 16.7. The number of pyridine rings is 1. The van der Waals surface area contributed by atoms with Gasteiger partial charge in [0.2, 0.25) is 0 Å². The molecular formula is C25H23N5. The standard InChI is InChI=1S/C25H23N5/c1-2-6-22-19(5-1)13-24(27-22)25-21-12-18(7-8-23(21)28-29-25)20-11-17(14-26-15-20)16-30-9-3-4-10-30/h1-2,5-8,11-15,27H,3-4,9-10,16H2,(H,28,29). The topological polar surface area (TPSA) is 60.6 Å². The Hall–Kier alpha value is -3.44. The number of hydrogen-bond donors (Lipinski definition) is 2. The number of fused-ring (bicyclic) bond motifs is 2. The van der Waals surface area contributed by atoms with E-state index in [-0.39, 0.29) is 0 Å². The molecule has 3 aromatic heterocycles. The zero-order chi connectivity index (χ0) is 19.9. The molecule has 0 radical (unpaired) electrons. The molecule has 1 aliphatic rings. The first-order chi connectivity index (χ1) is 14.8. The van der Waals surface area contributed by atoms with Crippen LogP contribution >= 0.6 is 0 Å². The molecule has 4 heterocycles. The predicted molar refractivity (Wildman–Crippen MR) is 121 cm³/mol. The second kappa shape index (κ2) is 7.11. The summed E-state index contributed by atoms with van der Waals surface area (Å²) in [6.07, 6.45) is 6.56. The van der Waals surface area contributed by atoms with Gasteiger partial charge in [0.15, 0.2) is 0 Å². The average molecular weight is 393 g/mol. The van der Waals surface area contributed by atoms with Gasteiger partial charge in [0.1, 0.15) is 5.69 Å². The van der Waals surface area contributed by atoms with Crippen LogP contribution < -0.4 is 0 Å². The molecule has 2 N–H and O–H groups in total. The van der Waals surface area contributed by atoms with Crippen molar-refractivity contribution in [3.63, 3.8) is 0 Å². The maximum Gasteiger partial charge on any atom is 0.116 e. The van der Waals surface area contributed by atoms with Gasteiger partial charge in [0, 0.05) is 40.8 Å². The molecule has 1 fully saturated rings. The van der Waals surface area contributed by atoms with Crippen LogP contribution in [0.1, 0.15) is 18.4 Å². The largest absolute Gasteiger partial charge is 0.353 e. The highest BCUT2D eigenvalue weighted by atomic mass is 15.1. The van der Waals surface area contributed by atoms with Crippen molar-refractivity contribution in [3.05, 3.63) is 72.6 Å². The summed E-state index contributed by atoms with van der Waals surface area (Å²) in [4.78, 5) is 10.5. The van der Waals surface area contributed by atoms with E-state index >= 15 is 0 Å². The van der Waals surface area contributed by atoms with E-state index in [0.717, 1.165) is 45.5 Å². The van der Waals surface area contributed by atoms with Crippen molar-refractivity contribution >= 4 is 21.8 Å². The van der Waals surface area contributed by atoms with Crippen LogP contribution in [0.3, 0.4) is 0 Å². The maximum absolute atomic E-state index is 4.60. The molecular weight excluding hydrogens is 370 g/mol. The van der Waals surface area contributed by atoms with Crippen molar-refractivity contribution in [3.8, 4) is 22.5 Å². The van der Waals surface area contributed by atoms with Crippen molar-refractivity contribution < 1.29 is 0 Å². The van der Waals surface area contributed by atoms with E-state index in [9.17, 15) is 0 Å². The van der Waals surface area contributed by atoms with Gasteiger partial charge in [-0.3, -0.25) is 15.0 Å². The van der Waals surface area contributed by atoms with Crippen molar-refractivity contribution in [2.75, 3.05) is 13.1 Å². The molecule has 6 rings (SSSR count). The second-order valence-electron chi connectivity index (χ2n) is 8.17. The minimum Gasteiger partial charge on any atom is -0.353 e. The van der Waals surface area contributed by atoms with Crippen LogP contribution in [-0.4, -0.2) is 38.2 Å². The highest BCUT2D eigenvalue weighted by Gasteiger charge is 2.14. The van der Waals surface area contributed by atoms with Gasteiger partial charge >= 0.3 is 0 Å². The summed E-state index contributed by atoms with van der Waals surface area (Å²) in [6.45, 7) is 3.37. The van der Waals surface area contributed by atoms with E-state index in [1.54, 1.807) is 0 Å². The lowest BCUT2D eigenvalue weighted by Gasteiger charge is -2.14. The molecule has 0 spiro atoms. The van der Waals surface area contributed by atoms with Gasteiger partial charge in [-0.15, -0.1) is 0 Å². The van der Waals surface area contributed by atoms with Crippen LogP contribution in [0.25, 0.3) is 44.3 Å². The van der Waals surface area contributed by atoms with Crippen molar-refractivity contribution in [2.45, 2.75) is 19.4 Å². The number of hydrogen-bond acceptors (Lipinski definition) is 3. The predicted octanol–water partition coefficient (Wildman–Crippen LogP) is 5.37. The quantitative estimate of drug-likeness (QED) is 0.432. The first kappa shape index (κ1) is 17.4. The van der Waals surface area contributed by atoms with Crippen LogP contribution in [0.2, 0.25) is 0 Å². The van der Waals surface area contributed by atoms with E-state index in [1.807, 2.05) is 18.5 Å². The molecule has 0 unspecified atom stereocenters. The molecule has 0 bridgehead atoms. The maximum atomic E-state index is 4.60. The molecule has 30 heavy (non-hydrogen) atoms. The van der Waals surface area contributed by atoms with Crippen LogP contribution in [0.5, 0.6) is 0 Å². The van der Waals surface area contributed by atoms with E-state index in [1.165, 1.54) is 36.9 Å². The fraction of sp³-hybridized carbons (Fsp3) is 0.200. The monoisotopic (exact) mass is 393 g/mol. The van der Waals surface area contributed by atoms with Crippen LogP contribution in [0, 0.1) is 0 Å². The SMILES string of the molecule is c1ccc2[nH]c(-c3n[nH]c4ccc(-c5cncc(CN6CCCC6)c5)cc34)cc2c1. The lowest BCUT2D eigenvalue weighted by Crippen LogP contribution is -2.18. The van der Waals surface area contributed by atoms with Crippen molar-refractivity contribution in [1.82, 2.24) is 25.1 Å². The number of rotatable bonds is 4. The van der Waals surface area contributed by atoms with Gasteiger partial charge < -0.3 is 4.98 Å². The first-order valence-corrected chi connectivity index (χ1v) is 10.6. The van der Waals surface area contributed by atoms with Gasteiger partial charge in [-0.05, 0) is 67.4 Å². The molecule has 5 heteroatoms. The number of benzene rings is 2. The Morgan fingerprint density at radius 3 is 2.67 bits per heavy atom. The summed E-state index contributed by atoms with van der Waals surface area (Å²) in [5, 5.41) is 10.1. The van der Waals surface area contributed by atoms with Gasteiger partial charge in [0.25, 0.3) is 0 Å². The first-order valence-electron chi connectivity index (χ1n) is 10.6. The molecule has 2 aromatic carbocycles. The molecule has 0 saturated carbocycles. The number of nitrogens with one attached hydrogen (secondary N) is 2.